The maximum Gasteiger partial charge on any atom is 0.235 e. The summed E-state index contributed by atoms with van der Waals surface area (Å²) in [5.74, 6) is -10.7. The predicted molar refractivity (Wildman–Crippen MR) is 97.3 cm³/mol. The number of Topliss-reactive ketones (excluding diaryl/α,β-unsaturated/α-hetero) is 4. The van der Waals surface area contributed by atoms with Crippen molar-refractivity contribution in [2.45, 2.75) is 24.9 Å². The molecule has 3 aliphatic carbocycles. The standard InChI is InChI=1S/C19H19N3O7/c20-8-4-9(21)14(24)12-7(8)2-5-1-6-3-10(23)13(18(22)28)17(27)19(6,29)16(26)11(5)15(12)25/h4-6,11,13,24,29H,1-3,20-21H2,(H2,22,28)/t5?,6?,11?,13?,19-/m0/s1. The van der Waals surface area contributed by atoms with Gasteiger partial charge in [0.05, 0.1) is 17.2 Å². The van der Waals surface area contributed by atoms with Gasteiger partial charge in [-0.1, -0.05) is 0 Å². The van der Waals surface area contributed by atoms with Crippen LogP contribution < -0.4 is 17.2 Å². The van der Waals surface area contributed by atoms with Crippen molar-refractivity contribution in [3.63, 3.8) is 0 Å². The minimum absolute atomic E-state index is 0.0195. The van der Waals surface area contributed by atoms with Gasteiger partial charge in [-0.3, -0.25) is 24.0 Å². The van der Waals surface area contributed by atoms with Crippen molar-refractivity contribution in [2.24, 2.45) is 29.4 Å². The van der Waals surface area contributed by atoms with Crippen molar-refractivity contribution in [3.05, 3.63) is 17.2 Å². The Labute approximate surface area is 164 Å². The van der Waals surface area contributed by atoms with Crippen molar-refractivity contribution in [2.75, 3.05) is 11.5 Å². The third-order valence-electron chi connectivity index (χ3n) is 6.47. The summed E-state index contributed by atoms with van der Waals surface area (Å²) in [5.41, 5.74) is 14.2. The molecule has 0 aromatic heterocycles. The SMILES string of the molecule is NC(=O)C1C(=O)CC2CC3Cc4c(N)cc(N)c(O)c4C(=O)C3C(=O)[C@]2(O)C1=O. The summed E-state index contributed by atoms with van der Waals surface area (Å²) in [6.07, 6.45) is -0.231. The van der Waals surface area contributed by atoms with Gasteiger partial charge in [-0.15, -0.1) is 0 Å². The van der Waals surface area contributed by atoms with Gasteiger partial charge in [-0.25, -0.2) is 0 Å². The summed E-state index contributed by atoms with van der Waals surface area (Å²) in [4.78, 5) is 62.9. The molecule has 0 heterocycles. The number of aromatic hydroxyl groups is 1. The van der Waals surface area contributed by atoms with Gasteiger partial charge in [-0.05, 0) is 30.4 Å². The average Bonchev–Trinajstić information content (AvgIpc) is 2.62. The molecule has 0 saturated heterocycles. The van der Waals surface area contributed by atoms with Crippen LogP contribution >= 0.6 is 0 Å². The zero-order chi connectivity index (χ0) is 21.4. The van der Waals surface area contributed by atoms with E-state index in [0.717, 1.165) is 0 Å². The third-order valence-corrected chi connectivity index (χ3v) is 6.47. The molecule has 10 heteroatoms. The molecule has 5 atom stereocenters. The zero-order valence-corrected chi connectivity index (χ0v) is 15.2. The van der Waals surface area contributed by atoms with E-state index in [2.05, 4.69) is 0 Å². The van der Waals surface area contributed by atoms with E-state index < -0.39 is 64.1 Å². The van der Waals surface area contributed by atoms with Crippen molar-refractivity contribution in [3.8, 4) is 5.75 Å². The fourth-order valence-corrected chi connectivity index (χ4v) is 5.08. The second kappa shape index (κ2) is 5.86. The van der Waals surface area contributed by atoms with Gasteiger partial charge in [0, 0.05) is 18.0 Å². The maximum atomic E-state index is 13.2. The normalized spacial score (nSPS) is 33.7. The molecular formula is C19H19N3O7. The summed E-state index contributed by atoms with van der Waals surface area (Å²) in [6.45, 7) is 0. The average molecular weight is 401 g/mol. The number of phenols is 1. The molecule has 0 bridgehead atoms. The molecular weight excluding hydrogens is 382 g/mol. The number of rotatable bonds is 1. The number of carbonyl (C=O) groups is 5. The van der Waals surface area contributed by atoms with Crippen molar-refractivity contribution < 1.29 is 34.2 Å². The number of phenolic OH excluding ortho intramolecular Hbond substituents is 1. The molecule has 0 radical (unpaired) electrons. The van der Waals surface area contributed by atoms with E-state index in [-0.39, 0.29) is 36.2 Å². The van der Waals surface area contributed by atoms with E-state index in [1.165, 1.54) is 6.07 Å². The first-order chi connectivity index (χ1) is 13.5. The van der Waals surface area contributed by atoms with E-state index in [0.29, 0.717) is 5.56 Å². The van der Waals surface area contributed by atoms with Crippen molar-refractivity contribution >= 4 is 40.4 Å². The molecule has 29 heavy (non-hydrogen) atoms. The number of amides is 1. The summed E-state index contributed by atoms with van der Waals surface area (Å²) in [6, 6.07) is 1.31. The molecule has 2 fully saturated rings. The summed E-state index contributed by atoms with van der Waals surface area (Å²) in [7, 11) is 0. The highest BCUT2D eigenvalue weighted by molar-refractivity contribution is 6.31. The van der Waals surface area contributed by atoms with Gasteiger partial charge >= 0.3 is 0 Å². The first-order valence-corrected chi connectivity index (χ1v) is 9.07. The van der Waals surface area contributed by atoms with Crippen molar-refractivity contribution in [1.82, 2.24) is 0 Å². The Morgan fingerprint density at radius 2 is 1.72 bits per heavy atom. The lowest BCUT2D eigenvalue weighted by atomic mass is 9.54. The highest BCUT2D eigenvalue weighted by Crippen LogP contribution is 2.51. The number of primary amides is 1. The molecule has 0 aliphatic heterocycles. The minimum Gasteiger partial charge on any atom is -0.505 e. The third kappa shape index (κ3) is 2.29. The largest absolute Gasteiger partial charge is 0.505 e. The first-order valence-electron chi connectivity index (χ1n) is 9.07. The molecule has 8 N–H and O–H groups in total. The number of hydrogen-bond donors (Lipinski definition) is 5. The van der Waals surface area contributed by atoms with Gasteiger partial charge in [0.1, 0.15) is 5.75 Å². The molecule has 1 aromatic carbocycles. The van der Waals surface area contributed by atoms with Crippen LogP contribution in [0.5, 0.6) is 5.75 Å². The molecule has 1 amide bonds. The van der Waals surface area contributed by atoms with Crippen LogP contribution in [0.25, 0.3) is 0 Å². The molecule has 2 saturated carbocycles. The van der Waals surface area contributed by atoms with Gasteiger partial charge in [0.2, 0.25) is 5.91 Å². The Kier molecular flexibility index (Phi) is 3.86. The van der Waals surface area contributed by atoms with Gasteiger partial charge in [-0.2, -0.15) is 0 Å². The first kappa shape index (κ1) is 19.1. The fraction of sp³-hybridized carbons (Fsp3) is 0.421. The lowest BCUT2D eigenvalue weighted by Crippen LogP contribution is -2.68. The molecule has 0 spiro atoms. The Morgan fingerprint density at radius 1 is 1.07 bits per heavy atom. The topological polar surface area (TPSA) is 204 Å². The molecule has 4 rings (SSSR count). The molecule has 152 valence electrons. The lowest BCUT2D eigenvalue weighted by molar-refractivity contribution is -0.175. The van der Waals surface area contributed by atoms with Gasteiger partial charge < -0.3 is 27.4 Å². The van der Waals surface area contributed by atoms with Crippen LogP contribution in [0, 0.1) is 23.7 Å². The van der Waals surface area contributed by atoms with E-state index in [1.54, 1.807) is 0 Å². The highest BCUT2D eigenvalue weighted by Gasteiger charge is 2.66. The van der Waals surface area contributed by atoms with Crippen LogP contribution in [0.4, 0.5) is 11.4 Å². The molecule has 1 aromatic rings. The summed E-state index contributed by atoms with van der Waals surface area (Å²) in [5, 5.41) is 21.3. The van der Waals surface area contributed by atoms with Gasteiger partial charge in [0.15, 0.2) is 34.7 Å². The summed E-state index contributed by atoms with van der Waals surface area (Å²) < 4.78 is 0. The molecule has 4 unspecified atom stereocenters. The van der Waals surface area contributed by atoms with Crippen molar-refractivity contribution in [1.29, 1.82) is 0 Å². The smallest absolute Gasteiger partial charge is 0.235 e. The number of aliphatic hydroxyl groups is 1. The number of fused-ring (bicyclic) bond motifs is 3. The number of hydrogen-bond acceptors (Lipinski definition) is 9. The molecule has 3 aliphatic rings. The molecule has 10 nitrogen and oxygen atoms in total. The van der Waals surface area contributed by atoms with Crippen LogP contribution in [0.1, 0.15) is 28.8 Å². The quantitative estimate of drug-likeness (QED) is 0.160. The Hall–Kier alpha value is -3.27. The minimum atomic E-state index is -2.66. The number of benzene rings is 1. The maximum absolute atomic E-state index is 13.2. The Balaban J connectivity index is 1.84. The fourth-order valence-electron chi connectivity index (χ4n) is 5.08. The highest BCUT2D eigenvalue weighted by atomic mass is 16.3. The monoisotopic (exact) mass is 401 g/mol. The second-order valence-corrected chi connectivity index (χ2v) is 8.00. The second-order valence-electron chi connectivity index (χ2n) is 8.00. The number of anilines is 2. The van der Waals surface area contributed by atoms with E-state index >= 15 is 0 Å². The van der Waals surface area contributed by atoms with Crippen LogP contribution in [0.3, 0.4) is 0 Å². The van der Waals surface area contributed by atoms with Crippen LogP contribution in [0.2, 0.25) is 0 Å². The van der Waals surface area contributed by atoms with Crippen LogP contribution in [0.15, 0.2) is 6.07 Å². The zero-order valence-electron chi connectivity index (χ0n) is 15.2. The number of nitrogen functional groups attached to an aromatic ring is 2. The number of ketones is 4. The van der Waals surface area contributed by atoms with E-state index in [4.69, 9.17) is 17.2 Å². The van der Waals surface area contributed by atoms with E-state index in [9.17, 15) is 34.2 Å². The lowest BCUT2D eigenvalue weighted by Gasteiger charge is -2.48. The van der Waals surface area contributed by atoms with Crippen LogP contribution in [-0.2, 0) is 25.6 Å². The Morgan fingerprint density at radius 3 is 2.34 bits per heavy atom. The Bertz CT molecular complexity index is 1030. The van der Waals surface area contributed by atoms with E-state index in [1.807, 2.05) is 0 Å². The summed E-state index contributed by atoms with van der Waals surface area (Å²) >= 11 is 0. The van der Waals surface area contributed by atoms with Gasteiger partial charge in [0.25, 0.3) is 0 Å². The predicted octanol–water partition coefficient (Wildman–Crippen LogP) is -1.51. The number of nitrogens with two attached hydrogens (primary N) is 3. The number of carbonyl (C=O) groups excluding carboxylic acids is 5. The van der Waals surface area contributed by atoms with Crippen LogP contribution in [-0.4, -0.2) is 44.9 Å².